The molecule has 6 heteroatoms. The van der Waals surface area contributed by atoms with E-state index in [4.69, 9.17) is 0 Å². The van der Waals surface area contributed by atoms with Crippen LogP contribution in [0.25, 0.3) is 10.1 Å². The molecule has 1 saturated heterocycles. The average Bonchev–Trinajstić information content (AvgIpc) is 3.22. The van der Waals surface area contributed by atoms with E-state index in [1.165, 1.54) is 11.5 Å². The SMILES string of the molecule is Cc1ccn(C2CCN(C(=O)Cc3nsc4ccccc34)CC2)n1. The third kappa shape index (κ3) is 2.94. The summed E-state index contributed by atoms with van der Waals surface area (Å²) in [5, 5.41) is 5.61. The van der Waals surface area contributed by atoms with Crippen LogP contribution in [-0.2, 0) is 11.2 Å². The second-order valence-electron chi connectivity index (χ2n) is 6.35. The van der Waals surface area contributed by atoms with Gasteiger partial charge in [-0.2, -0.15) is 9.47 Å². The number of carbonyl (C=O) groups is 1. The van der Waals surface area contributed by atoms with Gasteiger partial charge in [0, 0.05) is 24.7 Å². The number of nitrogens with zero attached hydrogens (tertiary/aromatic N) is 4. The molecule has 0 radical (unpaired) electrons. The summed E-state index contributed by atoms with van der Waals surface area (Å²) >= 11 is 1.47. The smallest absolute Gasteiger partial charge is 0.228 e. The third-order valence-corrected chi connectivity index (χ3v) is 5.57. The first kappa shape index (κ1) is 15.3. The first-order valence-electron chi connectivity index (χ1n) is 8.33. The van der Waals surface area contributed by atoms with E-state index in [1.54, 1.807) is 0 Å². The van der Waals surface area contributed by atoms with Crippen LogP contribution in [0, 0.1) is 6.92 Å². The van der Waals surface area contributed by atoms with Gasteiger partial charge in [-0.15, -0.1) is 0 Å². The Balaban J connectivity index is 1.39. The van der Waals surface area contributed by atoms with Gasteiger partial charge < -0.3 is 4.90 Å². The van der Waals surface area contributed by atoms with E-state index < -0.39 is 0 Å². The Morgan fingerprint density at radius 3 is 2.79 bits per heavy atom. The molecule has 124 valence electrons. The van der Waals surface area contributed by atoms with E-state index in [2.05, 4.69) is 15.5 Å². The number of carbonyl (C=O) groups excluding carboxylic acids is 1. The van der Waals surface area contributed by atoms with Crippen molar-refractivity contribution >= 4 is 27.5 Å². The van der Waals surface area contributed by atoms with Crippen molar-refractivity contribution in [3.05, 3.63) is 47.9 Å². The molecule has 4 rings (SSSR count). The van der Waals surface area contributed by atoms with E-state index in [-0.39, 0.29) is 5.91 Å². The topological polar surface area (TPSA) is 51.0 Å². The fourth-order valence-corrected chi connectivity index (χ4v) is 4.13. The van der Waals surface area contributed by atoms with Crippen molar-refractivity contribution in [1.29, 1.82) is 0 Å². The van der Waals surface area contributed by atoms with Crippen LogP contribution in [0.3, 0.4) is 0 Å². The standard InChI is InChI=1S/C18H20N4OS/c1-13-6-11-22(19-13)14-7-9-21(10-8-14)18(23)12-16-15-4-2-3-5-17(15)24-20-16/h2-6,11,14H,7-10,12H2,1H3. The van der Waals surface area contributed by atoms with Crippen molar-refractivity contribution in [1.82, 2.24) is 19.1 Å². The number of fused-ring (bicyclic) bond motifs is 1. The molecule has 3 aromatic rings. The van der Waals surface area contributed by atoms with Crippen molar-refractivity contribution in [2.24, 2.45) is 0 Å². The highest BCUT2D eigenvalue weighted by Crippen LogP contribution is 2.25. The number of hydrogen-bond acceptors (Lipinski definition) is 4. The predicted octanol–water partition coefficient (Wildman–Crippen LogP) is 3.21. The van der Waals surface area contributed by atoms with Crippen molar-refractivity contribution in [2.45, 2.75) is 32.2 Å². The van der Waals surface area contributed by atoms with Gasteiger partial charge in [0.1, 0.15) is 0 Å². The fourth-order valence-electron chi connectivity index (χ4n) is 3.34. The van der Waals surface area contributed by atoms with Crippen LogP contribution in [0.4, 0.5) is 0 Å². The monoisotopic (exact) mass is 340 g/mol. The molecule has 0 unspecified atom stereocenters. The van der Waals surface area contributed by atoms with Crippen LogP contribution in [0.5, 0.6) is 0 Å². The zero-order valence-corrected chi connectivity index (χ0v) is 14.5. The summed E-state index contributed by atoms with van der Waals surface area (Å²) in [6.07, 6.45) is 4.36. The first-order chi connectivity index (χ1) is 11.7. The summed E-state index contributed by atoms with van der Waals surface area (Å²) < 4.78 is 7.67. The molecule has 0 bridgehead atoms. The molecule has 0 aliphatic carbocycles. The maximum atomic E-state index is 12.6. The van der Waals surface area contributed by atoms with Crippen molar-refractivity contribution in [3.8, 4) is 0 Å². The quantitative estimate of drug-likeness (QED) is 0.736. The number of amides is 1. The number of hydrogen-bond donors (Lipinski definition) is 0. The largest absolute Gasteiger partial charge is 0.342 e. The zero-order chi connectivity index (χ0) is 16.5. The summed E-state index contributed by atoms with van der Waals surface area (Å²) in [4.78, 5) is 14.6. The molecule has 1 aliphatic rings. The molecule has 0 N–H and O–H groups in total. The predicted molar refractivity (Wildman–Crippen MR) is 95.1 cm³/mol. The molecule has 1 fully saturated rings. The highest BCUT2D eigenvalue weighted by atomic mass is 32.1. The summed E-state index contributed by atoms with van der Waals surface area (Å²) in [7, 11) is 0. The first-order valence-corrected chi connectivity index (χ1v) is 9.11. The van der Waals surface area contributed by atoms with Gasteiger partial charge in [-0.05, 0) is 43.4 Å². The van der Waals surface area contributed by atoms with Gasteiger partial charge in [-0.1, -0.05) is 18.2 Å². The highest BCUT2D eigenvalue weighted by molar-refractivity contribution is 7.13. The molecule has 5 nitrogen and oxygen atoms in total. The molecule has 0 atom stereocenters. The molecule has 0 spiro atoms. The van der Waals surface area contributed by atoms with Crippen LogP contribution in [0.15, 0.2) is 36.5 Å². The van der Waals surface area contributed by atoms with Crippen LogP contribution in [0.1, 0.15) is 30.3 Å². The number of rotatable bonds is 3. The van der Waals surface area contributed by atoms with Crippen LogP contribution in [0.2, 0.25) is 0 Å². The van der Waals surface area contributed by atoms with Crippen LogP contribution >= 0.6 is 11.5 Å². The van der Waals surface area contributed by atoms with Gasteiger partial charge in [-0.3, -0.25) is 9.48 Å². The fraction of sp³-hybridized carbons (Fsp3) is 0.389. The normalized spacial score (nSPS) is 16.0. The minimum Gasteiger partial charge on any atom is -0.342 e. The molecule has 1 aromatic carbocycles. The summed E-state index contributed by atoms with van der Waals surface area (Å²) in [6, 6.07) is 10.6. The van der Waals surface area contributed by atoms with Crippen molar-refractivity contribution < 1.29 is 4.79 Å². The van der Waals surface area contributed by atoms with E-state index >= 15 is 0 Å². The lowest BCUT2D eigenvalue weighted by Gasteiger charge is -2.32. The summed E-state index contributed by atoms with van der Waals surface area (Å²) in [6.45, 7) is 3.60. The van der Waals surface area contributed by atoms with E-state index in [9.17, 15) is 4.79 Å². The second kappa shape index (κ2) is 6.36. The number of aryl methyl sites for hydroxylation is 1. The molecule has 24 heavy (non-hydrogen) atoms. The minimum atomic E-state index is 0.182. The Bertz CT molecular complexity index is 861. The molecule has 2 aromatic heterocycles. The van der Waals surface area contributed by atoms with Crippen LogP contribution < -0.4 is 0 Å². The van der Waals surface area contributed by atoms with Crippen LogP contribution in [-0.4, -0.2) is 38.1 Å². The number of piperidine rings is 1. The minimum absolute atomic E-state index is 0.182. The lowest BCUT2D eigenvalue weighted by molar-refractivity contribution is -0.131. The third-order valence-electron chi connectivity index (χ3n) is 4.70. The van der Waals surface area contributed by atoms with E-state index in [0.717, 1.165) is 47.4 Å². The van der Waals surface area contributed by atoms with E-state index in [1.807, 2.05) is 47.0 Å². The number of benzene rings is 1. The number of likely N-dealkylation sites (tertiary alicyclic amines) is 1. The highest BCUT2D eigenvalue weighted by Gasteiger charge is 2.25. The van der Waals surface area contributed by atoms with Crippen molar-refractivity contribution in [3.63, 3.8) is 0 Å². The summed E-state index contributed by atoms with van der Waals surface area (Å²) in [5.41, 5.74) is 1.95. The molecule has 1 aliphatic heterocycles. The zero-order valence-electron chi connectivity index (χ0n) is 13.7. The Labute approximate surface area is 145 Å². The molecule has 0 saturated carbocycles. The number of aromatic nitrogens is 3. The van der Waals surface area contributed by atoms with Gasteiger partial charge in [0.15, 0.2) is 0 Å². The average molecular weight is 340 g/mol. The lowest BCUT2D eigenvalue weighted by Crippen LogP contribution is -2.40. The molecular formula is C18H20N4OS. The van der Waals surface area contributed by atoms with Gasteiger partial charge in [0.05, 0.1) is 28.6 Å². The molecular weight excluding hydrogens is 320 g/mol. The maximum Gasteiger partial charge on any atom is 0.228 e. The Morgan fingerprint density at radius 1 is 1.25 bits per heavy atom. The molecule has 1 amide bonds. The van der Waals surface area contributed by atoms with Crippen molar-refractivity contribution in [2.75, 3.05) is 13.1 Å². The Kier molecular flexibility index (Phi) is 4.06. The second-order valence-corrected chi connectivity index (χ2v) is 7.16. The Morgan fingerprint density at radius 2 is 2.04 bits per heavy atom. The summed E-state index contributed by atoms with van der Waals surface area (Å²) in [5.74, 6) is 0.182. The van der Waals surface area contributed by atoms with E-state index in [0.29, 0.717) is 12.5 Å². The van der Waals surface area contributed by atoms with Gasteiger partial charge in [-0.25, -0.2) is 0 Å². The lowest BCUT2D eigenvalue weighted by atomic mass is 10.0. The van der Waals surface area contributed by atoms with Gasteiger partial charge >= 0.3 is 0 Å². The van der Waals surface area contributed by atoms with Gasteiger partial charge in [0.25, 0.3) is 0 Å². The van der Waals surface area contributed by atoms with Gasteiger partial charge in [0.2, 0.25) is 5.91 Å². The Hall–Kier alpha value is -2.21. The maximum absolute atomic E-state index is 12.6. The molecule has 3 heterocycles.